The molecule has 35 heavy (non-hydrogen) atoms. The normalized spacial score (nSPS) is 13.9. The van der Waals surface area contributed by atoms with Crippen LogP contribution in [0.4, 0.5) is 5.13 Å². The minimum Gasteiger partial charge on any atom is -0.354 e. The van der Waals surface area contributed by atoms with Crippen LogP contribution in [0.25, 0.3) is 0 Å². The topological polar surface area (TPSA) is 94.6 Å². The van der Waals surface area contributed by atoms with Gasteiger partial charge in [-0.3, -0.25) is 14.4 Å². The van der Waals surface area contributed by atoms with E-state index in [1.165, 1.54) is 41.6 Å². The molecule has 0 atom stereocenters. The van der Waals surface area contributed by atoms with E-state index < -0.39 is 0 Å². The number of amides is 3. The summed E-state index contributed by atoms with van der Waals surface area (Å²) >= 11 is 13.2. The van der Waals surface area contributed by atoms with Crippen LogP contribution in [0.3, 0.4) is 0 Å². The fourth-order valence-electron chi connectivity index (χ4n) is 3.88. The third-order valence-corrected chi connectivity index (χ3v) is 7.17. The molecule has 0 unspecified atom stereocenters. The third-order valence-electron chi connectivity index (χ3n) is 5.62. The van der Waals surface area contributed by atoms with Crippen LogP contribution in [0.5, 0.6) is 0 Å². The fourth-order valence-corrected chi connectivity index (χ4v) is 4.90. The Kier molecular flexibility index (Phi) is 10.8. The van der Waals surface area contributed by atoms with E-state index in [1.807, 2.05) is 6.92 Å². The molecule has 0 saturated carbocycles. The molecule has 3 amide bonds. The quantitative estimate of drug-likeness (QED) is 0.448. The summed E-state index contributed by atoms with van der Waals surface area (Å²) in [5.74, 6) is -0.758. The molecule has 2 N–H and O–H groups in total. The van der Waals surface area contributed by atoms with Crippen LogP contribution in [0.1, 0.15) is 48.7 Å². The molecule has 190 valence electrons. The van der Waals surface area contributed by atoms with Crippen LogP contribution >= 0.6 is 34.5 Å². The van der Waals surface area contributed by atoms with Gasteiger partial charge in [0.1, 0.15) is 6.54 Å². The number of carbonyl (C=O) groups is 3. The Morgan fingerprint density at radius 3 is 2.60 bits per heavy atom. The SMILES string of the molecule is CCCN(CC(=O)Nc1nc(CC(=O)NCCN2CCCCC2)cs1)C(=O)c1ccc(Cl)c(Cl)c1. The summed E-state index contributed by atoms with van der Waals surface area (Å²) in [4.78, 5) is 45.9. The zero-order chi connectivity index (χ0) is 25.2. The van der Waals surface area contributed by atoms with Crippen molar-refractivity contribution in [3.63, 3.8) is 0 Å². The maximum Gasteiger partial charge on any atom is 0.254 e. The van der Waals surface area contributed by atoms with Crippen LogP contribution in [-0.2, 0) is 16.0 Å². The molecule has 0 aliphatic carbocycles. The second-order valence-electron chi connectivity index (χ2n) is 8.48. The lowest BCUT2D eigenvalue weighted by Crippen LogP contribution is -2.38. The van der Waals surface area contributed by atoms with E-state index in [2.05, 4.69) is 20.5 Å². The van der Waals surface area contributed by atoms with Gasteiger partial charge in [-0.05, 0) is 50.6 Å². The maximum absolute atomic E-state index is 12.9. The second-order valence-corrected chi connectivity index (χ2v) is 10.1. The highest BCUT2D eigenvalue weighted by Gasteiger charge is 2.20. The number of carbonyl (C=O) groups excluding carboxylic acids is 3. The number of nitrogens with one attached hydrogen (secondary N) is 2. The Hall–Kier alpha value is -2.20. The molecule has 1 aromatic heterocycles. The number of benzene rings is 1. The van der Waals surface area contributed by atoms with Gasteiger partial charge in [0.25, 0.3) is 5.91 Å². The number of halogens is 2. The number of hydrogen-bond acceptors (Lipinski definition) is 6. The molecular formula is C24H31Cl2N5O3S. The summed E-state index contributed by atoms with van der Waals surface area (Å²) < 4.78 is 0. The molecule has 1 saturated heterocycles. The summed E-state index contributed by atoms with van der Waals surface area (Å²) in [6.07, 6.45) is 4.58. The maximum atomic E-state index is 12.9. The van der Waals surface area contributed by atoms with E-state index in [1.54, 1.807) is 17.5 Å². The van der Waals surface area contributed by atoms with Crippen molar-refractivity contribution in [1.82, 2.24) is 20.1 Å². The molecule has 2 heterocycles. The van der Waals surface area contributed by atoms with Gasteiger partial charge in [0, 0.05) is 30.6 Å². The molecule has 0 radical (unpaired) electrons. The predicted molar refractivity (Wildman–Crippen MR) is 140 cm³/mol. The first kappa shape index (κ1) is 27.4. The molecule has 1 aliphatic heterocycles. The molecule has 0 bridgehead atoms. The average Bonchev–Trinajstić information content (AvgIpc) is 3.27. The molecule has 3 rings (SSSR count). The highest BCUT2D eigenvalue weighted by atomic mass is 35.5. The van der Waals surface area contributed by atoms with Gasteiger partial charge in [-0.1, -0.05) is 36.5 Å². The Bertz CT molecular complexity index is 1030. The van der Waals surface area contributed by atoms with Crippen molar-refractivity contribution in [2.45, 2.75) is 39.0 Å². The van der Waals surface area contributed by atoms with Gasteiger partial charge in [0.05, 0.1) is 22.2 Å². The van der Waals surface area contributed by atoms with Crippen molar-refractivity contribution in [2.24, 2.45) is 0 Å². The van der Waals surface area contributed by atoms with Crippen molar-refractivity contribution in [3.8, 4) is 0 Å². The van der Waals surface area contributed by atoms with Crippen molar-refractivity contribution in [3.05, 3.63) is 44.9 Å². The first-order chi connectivity index (χ1) is 16.9. The second kappa shape index (κ2) is 13.8. The molecule has 0 spiro atoms. The minimum atomic E-state index is -0.362. The van der Waals surface area contributed by atoms with Crippen molar-refractivity contribution >= 4 is 57.4 Å². The largest absolute Gasteiger partial charge is 0.354 e. The van der Waals surface area contributed by atoms with Crippen LogP contribution in [0.2, 0.25) is 10.0 Å². The van der Waals surface area contributed by atoms with Crippen molar-refractivity contribution in [2.75, 3.05) is 44.6 Å². The summed E-state index contributed by atoms with van der Waals surface area (Å²) in [6, 6.07) is 4.64. The molecule has 2 aromatic rings. The summed E-state index contributed by atoms with van der Waals surface area (Å²) in [5, 5.41) is 8.45. The number of anilines is 1. The number of piperidine rings is 1. The lowest BCUT2D eigenvalue weighted by atomic mass is 10.1. The van der Waals surface area contributed by atoms with Crippen LogP contribution in [0, 0.1) is 0 Å². The zero-order valence-corrected chi connectivity index (χ0v) is 22.1. The van der Waals surface area contributed by atoms with E-state index in [9.17, 15) is 14.4 Å². The van der Waals surface area contributed by atoms with E-state index in [-0.39, 0.29) is 35.7 Å². The lowest BCUT2D eigenvalue weighted by Gasteiger charge is -2.26. The number of aromatic nitrogens is 1. The van der Waals surface area contributed by atoms with Crippen LogP contribution in [-0.4, -0.2) is 71.8 Å². The first-order valence-electron chi connectivity index (χ1n) is 11.8. The van der Waals surface area contributed by atoms with Gasteiger partial charge in [-0.15, -0.1) is 11.3 Å². The van der Waals surface area contributed by atoms with Gasteiger partial charge in [-0.2, -0.15) is 0 Å². The number of rotatable bonds is 11. The average molecular weight is 541 g/mol. The van der Waals surface area contributed by atoms with Gasteiger partial charge in [-0.25, -0.2) is 4.98 Å². The van der Waals surface area contributed by atoms with Gasteiger partial charge in [0.2, 0.25) is 11.8 Å². The molecule has 1 aliphatic rings. The molecule has 1 fully saturated rings. The summed E-state index contributed by atoms with van der Waals surface area (Å²) in [5.41, 5.74) is 0.960. The molecule has 11 heteroatoms. The van der Waals surface area contributed by atoms with Crippen molar-refractivity contribution < 1.29 is 14.4 Å². The number of thiazole rings is 1. The Labute approximate surface area is 220 Å². The highest BCUT2D eigenvalue weighted by Crippen LogP contribution is 2.23. The highest BCUT2D eigenvalue weighted by molar-refractivity contribution is 7.13. The Morgan fingerprint density at radius 1 is 1.11 bits per heavy atom. The third kappa shape index (κ3) is 8.75. The van der Waals surface area contributed by atoms with Gasteiger partial charge >= 0.3 is 0 Å². The Balaban J connectivity index is 1.47. The number of hydrogen-bond donors (Lipinski definition) is 2. The predicted octanol–water partition coefficient (Wildman–Crippen LogP) is 4.09. The number of likely N-dealkylation sites (tertiary alicyclic amines) is 1. The van der Waals surface area contributed by atoms with Crippen LogP contribution < -0.4 is 10.6 Å². The van der Waals surface area contributed by atoms with E-state index >= 15 is 0 Å². The standard InChI is InChI=1S/C24H31Cl2N5O3S/c1-2-9-31(23(34)17-6-7-19(25)20(26)13-17)15-22(33)29-24-28-18(16-35-24)14-21(32)27-8-12-30-10-4-3-5-11-30/h6-7,13,16H,2-5,8-12,14-15H2,1H3,(H,27,32)(H,28,29,33). The van der Waals surface area contributed by atoms with Crippen molar-refractivity contribution in [1.29, 1.82) is 0 Å². The van der Waals surface area contributed by atoms with E-state index in [0.29, 0.717) is 40.9 Å². The molecular weight excluding hydrogens is 509 g/mol. The summed E-state index contributed by atoms with van der Waals surface area (Å²) in [7, 11) is 0. The monoisotopic (exact) mass is 539 g/mol. The molecule has 8 nitrogen and oxygen atoms in total. The summed E-state index contributed by atoms with van der Waals surface area (Å²) in [6.45, 7) is 5.88. The van der Waals surface area contributed by atoms with Gasteiger partial charge < -0.3 is 20.4 Å². The molecule has 1 aromatic carbocycles. The number of nitrogens with zero attached hydrogens (tertiary/aromatic N) is 3. The smallest absolute Gasteiger partial charge is 0.254 e. The lowest BCUT2D eigenvalue weighted by molar-refractivity contribution is -0.120. The van der Waals surface area contributed by atoms with Gasteiger partial charge in [0.15, 0.2) is 5.13 Å². The minimum absolute atomic E-state index is 0.0912. The van der Waals surface area contributed by atoms with Crippen LogP contribution in [0.15, 0.2) is 23.6 Å². The van der Waals surface area contributed by atoms with E-state index in [0.717, 1.165) is 19.6 Å². The first-order valence-corrected chi connectivity index (χ1v) is 13.5. The van der Waals surface area contributed by atoms with E-state index in [4.69, 9.17) is 23.2 Å². The Morgan fingerprint density at radius 2 is 1.89 bits per heavy atom. The fraction of sp³-hybridized carbons (Fsp3) is 0.500. The zero-order valence-electron chi connectivity index (χ0n) is 19.8.